The highest BCUT2D eigenvalue weighted by Crippen LogP contribution is 2.30. The molecule has 1 aromatic carbocycles. The Hall–Kier alpha value is -3.87. The number of aryl methyl sites for hydroxylation is 2. The zero-order chi connectivity index (χ0) is 23.6. The molecule has 4 rings (SSSR count). The van der Waals surface area contributed by atoms with Crippen LogP contribution < -0.4 is 5.32 Å². The van der Waals surface area contributed by atoms with Gasteiger partial charge in [-0.2, -0.15) is 5.10 Å². The number of rotatable bonds is 5. The van der Waals surface area contributed by atoms with E-state index < -0.39 is 0 Å². The summed E-state index contributed by atoms with van der Waals surface area (Å²) in [6.45, 7) is 10.5. The van der Waals surface area contributed by atoms with Gasteiger partial charge in [0.1, 0.15) is 0 Å². The Bertz CT molecular complexity index is 1270. The van der Waals surface area contributed by atoms with E-state index in [-0.39, 0.29) is 11.4 Å². The SMILES string of the molecule is Cc1ccc(-c2cc(C(=O)NCc3cnc(C)cn3)cc(-c3ccnn3C(C)(C)C)c2)nc1. The van der Waals surface area contributed by atoms with Crippen molar-refractivity contribution < 1.29 is 4.79 Å². The van der Waals surface area contributed by atoms with Gasteiger partial charge in [-0.3, -0.25) is 24.4 Å². The monoisotopic (exact) mass is 440 g/mol. The third-order valence-corrected chi connectivity index (χ3v) is 5.24. The van der Waals surface area contributed by atoms with Crippen molar-refractivity contribution >= 4 is 5.91 Å². The standard InChI is InChI=1S/C26H28N6O/c1-17-6-7-23(29-13-17)19-10-20(24-8-9-31-32(24)26(3,4)5)12-21(11-19)25(33)30-16-22-15-27-18(2)14-28-22/h6-15H,16H2,1-5H3,(H,30,33). The van der Waals surface area contributed by atoms with Crippen LogP contribution in [0.5, 0.6) is 0 Å². The second kappa shape index (κ2) is 8.94. The van der Waals surface area contributed by atoms with Crippen molar-refractivity contribution in [2.75, 3.05) is 0 Å². The number of carbonyl (C=O) groups is 1. The molecular formula is C26H28N6O. The molecule has 33 heavy (non-hydrogen) atoms. The summed E-state index contributed by atoms with van der Waals surface area (Å²) in [5.74, 6) is -0.186. The second-order valence-electron chi connectivity index (χ2n) is 9.15. The van der Waals surface area contributed by atoms with Crippen LogP contribution >= 0.6 is 0 Å². The minimum absolute atomic E-state index is 0.186. The number of pyridine rings is 1. The van der Waals surface area contributed by atoms with Crippen LogP contribution in [0.25, 0.3) is 22.5 Å². The summed E-state index contributed by atoms with van der Waals surface area (Å²) in [5.41, 5.74) is 6.49. The Morgan fingerprint density at radius 3 is 2.39 bits per heavy atom. The van der Waals surface area contributed by atoms with Crippen LogP contribution in [0.4, 0.5) is 0 Å². The van der Waals surface area contributed by atoms with E-state index in [0.717, 1.165) is 33.8 Å². The van der Waals surface area contributed by atoms with E-state index in [9.17, 15) is 4.79 Å². The lowest BCUT2D eigenvalue weighted by molar-refractivity contribution is 0.0950. The van der Waals surface area contributed by atoms with Crippen LogP contribution in [0, 0.1) is 13.8 Å². The topological polar surface area (TPSA) is 85.6 Å². The van der Waals surface area contributed by atoms with Gasteiger partial charge in [0, 0.05) is 35.3 Å². The summed E-state index contributed by atoms with van der Waals surface area (Å²) >= 11 is 0. The van der Waals surface area contributed by atoms with Crippen molar-refractivity contribution in [1.29, 1.82) is 0 Å². The minimum atomic E-state index is -0.205. The molecule has 0 radical (unpaired) electrons. The maximum absolute atomic E-state index is 13.1. The molecule has 168 valence electrons. The number of nitrogens with zero attached hydrogens (tertiary/aromatic N) is 5. The lowest BCUT2D eigenvalue weighted by Crippen LogP contribution is -2.25. The summed E-state index contributed by atoms with van der Waals surface area (Å²) in [4.78, 5) is 26.3. The van der Waals surface area contributed by atoms with Crippen molar-refractivity contribution in [2.45, 2.75) is 46.7 Å². The molecule has 0 atom stereocenters. The number of benzene rings is 1. The van der Waals surface area contributed by atoms with Crippen molar-refractivity contribution in [2.24, 2.45) is 0 Å². The number of nitrogens with one attached hydrogen (secondary N) is 1. The Balaban J connectivity index is 1.73. The molecule has 3 heterocycles. The molecule has 1 amide bonds. The van der Waals surface area contributed by atoms with Crippen LogP contribution in [-0.4, -0.2) is 30.6 Å². The number of amides is 1. The first-order valence-corrected chi connectivity index (χ1v) is 10.9. The maximum Gasteiger partial charge on any atom is 0.251 e. The van der Waals surface area contributed by atoms with Gasteiger partial charge in [-0.25, -0.2) is 0 Å². The van der Waals surface area contributed by atoms with E-state index in [1.165, 1.54) is 0 Å². The van der Waals surface area contributed by atoms with Gasteiger partial charge in [0.15, 0.2) is 0 Å². The van der Waals surface area contributed by atoms with Gasteiger partial charge in [0.2, 0.25) is 0 Å². The molecule has 7 heteroatoms. The van der Waals surface area contributed by atoms with Gasteiger partial charge < -0.3 is 5.32 Å². The molecule has 1 N–H and O–H groups in total. The third-order valence-electron chi connectivity index (χ3n) is 5.24. The number of hydrogen-bond donors (Lipinski definition) is 1. The van der Waals surface area contributed by atoms with E-state index in [4.69, 9.17) is 0 Å². The average molecular weight is 441 g/mol. The van der Waals surface area contributed by atoms with Gasteiger partial charge in [0.05, 0.1) is 41.1 Å². The predicted octanol–water partition coefficient (Wildman–Crippen LogP) is 4.70. The molecule has 0 spiro atoms. The highest BCUT2D eigenvalue weighted by molar-refractivity contribution is 5.97. The summed E-state index contributed by atoms with van der Waals surface area (Å²) in [5, 5.41) is 7.48. The van der Waals surface area contributed by atoms with E-state index >= 15 is 0 Å². The van der Waals surface area contributed by atoms with E-state index in [1.807, 2.05) is 55.1 Å². The molecule has 0 unspecified atom stereocenters. The van der Waals surface area contributed by atoms with Gasteiger partial charge >= 0.3 is 0 Å². The number of carbonyl (C=O) groups excluding carboxylic acids is 1. The Morgan fingerprint density at radius 2 is 1.73 bits per heavy atom. The largest absolute Gasteiger partial charge is 0.346 e. The molecule has 0 bridgehead atoms. The highest BCUT2D eigenvalue weighted by Gasteiger charge is 2.20. The zero-order valence-corrected chi connectivity index (χ0v) is 19.6. The fourth-order valence-corrected chi connectivity index (χ4v) is 3.53. The molecule has 0 fully saturated rings. The van der Waals surface area contributed by atoms with Crippen molar-refractivity contribution in [3.63, 3.8) is 0 Å². The van der Waals surface area contributed by atoms with Crippen LogP contribution in [0.2, 0.25) is 0 Å². The molecule has 0 aliphatic rings. The van der Waals surface area contributed by atoms with Gasteiger partial charge in [-0.05, 0) is 70.5 Å². The average Bonchev–Trinajstić information content (AvgIpc) is 3.29. The summed E-state index contributed by atoms with van der Waals surface area (Å²) in [7, 11) is 0. The molecule has 0 saturated carbocycles. The third kappa shape index (κ3) is 5.14. The molecule has 3 aromatic heterocycles. The minimum Gasteiger partial charge on any atom is -0.346 e. The van der Waals surface area contributed by atoms with Crippen molar-refractivity contribution in [3.8, 4) is 22.5 Å². The zero-order valence-electron chi connectivity index (χ0n) is 19.6. The maximum atomic E-state index is 13.1. The molecule has 0 saturated heterocycles. The number of aromatic nitrogens is 5. The second-order valence-corrected chi connectivity index (χ2v) is 9.15. The summed E-state index contributed by atoms with van der Waals surface area (Å²) in [6, 6.07) is 11.8. The Labute approximate surface area is 193 Å². The lowest BCUT2D eigenvalue weighted by Gasteiger charge is -2.23. The molecule has 4 aromatic rings. The molecule has 7 nitrogen and oxygen atoms in total. The van der Waals surface area contributed by atoms with Crippen LogP contribution in [0.3, 0.4) is 0 Å². The fraction of sp³-hybridized carbons (Fsp3) is 0.269. The van der Waals surface area contributed by atoms with E-state index in [1.54, 1.807) is 18.6 Å². The molecule has 0 aliphatic heterocycles. The van der Waals surface area contributed by atoms with Gasteiger partial charge in [-0.1, -0.05) is 6.07 Å². The quantitative estimate of drug-likeness (QED) is 0.486. The van der Waals surface area contributed by atoms with E-state index in [2.05, 4.69) is 52.2 Å². The summed E-state index contributed by atoms with van der Waals surface area (Å²) in [6.07, 6.45) is 6.98. The highest BCUT2D eigenvalue weighted by atomic mass is 16.1. The van der Waals surface area contributed by atoms with Crippen LogP contribution in [0.15, 0.2) is 61.2 Å². The molecule has 0 aliphatic carbocycles. The predicted molar refractivity (Wildman–Crippen MR) is 129 cm³/mol. The van der Waals surface area contributed by atoms with Gasteiger partial charge in [-0.15, -0.1) is 0 Å². The van der Waals surface area contributed by atoms with Crippen LogP contribution in [-0.2, 0) is 12.1 Å². The Morgan fingerprint density at radius 1 is 0.939 bits per heavy atom. The fourth-order valence-electron chi connectivity index (χ4n) is 3.53. The van der Waals surface area contributed by atoms with E-state index in [0.29, 0.717) is 17.8 Å². The first kappa shape index (κ1) is 22.3. The first-order valence-electron chi connectivity index (χ1n) is 10.9. The molecular weight excluding hydrogens is 412 g/mol. The normalized spacial score (nSPS) is 11.4. The smallest absolute Gasteiger partial charge is 0.251 e. The first-order chi connectivity index (χ1) is 15.7. The Kier molecular flexibility index (Phi) is 6.05. The lowest BCUT2D eigenvalue weighted by atomic mass is 9.99. The van der Waals surface area contributed by atoms with Crippen LogP contribution in [0.1, 0.15) is 48.1 Å². The number of hydrogen-bond acceptors (Lipinski definition) is 5. The summed E-state index contributed by atoms with van der Waals surface area (Å²) < 4.78 is 1.97. The van der Waals surface area contributed by atoms with Crippen molar-refractivity contribution in [3.05, 3.63) is 83.7 Å². The van der Waals surface area contributed by atoms with Crippen molar-refractivity contribution in [1.82, 2.24) is 30.0 Å². The van der Waals surface area contributed by atoms with Gasteiger partial charge in [0.25, 0.3) is 5.91 Å².